The van der Waals surface area contributed by atoms with Crippen LogP contribution < -0.4 is 5.32 Å². The Kier molecular flexibility index (Phi) is 4.54. The van der Waals surface area contributed by atoms with Gasteiger partial charge in [0.15, 0.2) is 0 Å². The summed E-state index contributed by atoms with van der Waals surface area (Å²) in [6.07, 6.45) is 3.31. The zero-order valence-electron chi connectivity index (χ0n) is 9.56. The molecule has 0 saturated carbocycles. The molecule has 6 heteroatoms. The molecule has 5 nitrogen and oxygen atoms in total. The van der Waals surface area contributed by atoms with E-state index in [9.17, 15) is 10.1 Å². The lowest BCUT2D eigenvalue weighted by Gasteiger charge is -2.14. The zero-order chi connectivity index (χ0) is 12.1. The SMILES string of the molecule is CSCC(C)Nc1ncc([N+](=O)[O-])cc1C. The van der Waals surface area contributed by atoms with Crippen molar-refractivity contribution >= 4 is 23.3 Å². The molecule has 0 aliphatic carbocycles. The van der Waals surface area contributed by atoms with Crippen molar-refractivity contribution in [3.8, 4) is 0 Å². The number of nitrogens with zero attached hydrogens (tertiary/aromatic N) is 2. The zero-order valence-corrected chi connectivity index (χ0v) is 10.4. The van der Waals surface area contributed by atoms with Gasteiger partial charge in [-0.05, 0) is 25.7 Å². The van der Waals surface area contributed by atoms with Crippen LogP contribution in [0.1, 0.15) is 12.5 Å². The van der Waals surface area contributed by atoms with Crippen molar-refractivity contribution in [2.45, 2.75) is 19.9 Å². The average molecular weight is 241 g/mol. The maximum atomic E-state index is 10.5. The van der Waals surface area contributed by atoms with E-state index < -0.39 is 4.92 Å². The highest BCUT2D eigenvalue weighted by atomic mass is 32.2. The van der Waals surface area contributed by atoms with E-state index in [1.54, 1.807) is 11.8 Å². The first-order valence-electron chi connectivity index (χ1n) is 4.91. The van der Waals surface area contributed by atoms with Gasteiger partial charge in [-0.25, -0.2) is 4.98 Å². The van der Waals surface area contributed by atoms with E-state index in [0.29, 0.717) is 11.9 Å². The van der Waals surface area contributed by atoms with Gasteiger partial charge in [-0.15, -0.1) is 0 Å². The van der Waals surface area contributed by atoms with E-state index in [2.05, 4.69) is 17.2 Å². The minimum Gasteiger partial charge on any atom is -0.367 e. The lowest BCUT2D eigenvalue weighted by molar-refractivity contribution is -0.385. The third kappa shape index (κ3) is 3.37. The molecule has 1 N–H and O–H groups in total. The molecule has 1 aromatic heterocycles. The molecule has 1 aromatic rings. The molecule has 0 amide bonds. The Morgan fingerprint density at radius 2 is 2.38 bits per heavy atom. The molecule has 16 heavy (non-hydrogen) atoms. The first-order valence-corrected chi connectivity index (χ1v) is 6.30. The fraction of sp³-hybridized carbons (Fsp3) is 0.500. The highest BCUT2D eigenvalue weighted by Crippen LogP contribution is 2.18. The minimum absolute atomic E-state index is 0.0283. The lowest BCUT2D eigenvalue weighted by atomic mass is 10.2. The third-order valence-corrected chi connectivity index (χ3v) is 2.91. The fourth-order valence-electron chi connectivity index (χ4n) is 1.34. The molecule has 88 valence electrons. The van der Waals surface area contributed by atoms with Gasteiger partial charge in [0, 0.05) is 17.9 Å². The van der Waals surface area contributed by atoms with Crippen molar-refractivity contribution < 1.29 is 4.92 Å². The molecule has 1 unspecified atom stereocenters. The van der Waals surface area contributed by atoms with E-state index in [1.807, 2.05) is 13.2 Å². The van der Waals surface area contributed by atoms with Crippen LogP contribution >= 0.6 is 11.8 Å². The average Bonchev–Trinajstić information content (AvgIpc) is 2.21. The van der Waals surface area contributed by atoms with Gasteiger partial charge in [0.05, 0.1) is 4.92 Å². The van der Waals surface area contributed by atoms with E-state index >= 15 is 0 Å². The molecule has 0 spiro atoms. The van der Waals surface area contributed by atoms with Gasteiger partial charge in [-0.1, -0.05) is 0 Å². The molecule has 1 rings (SSSR count). The summed E-state index contributed by atoms with van der Waals surface area (Å²) in [4.78, 5) is 14.2. The maximum absolute atomic E-state index is 10.5. The van der Waals surface area contributed by atoms with Gasteiger partial charge in [0.25, 0.3) is 5.69 Å². The van der Waals surface area contributed by atoms with Crippen LogP contribution in [0.2, 0.25) is 0 Å². The summed E-state index contributed by atoms with van der Waals surface area (Å²) >= 11 is 1.74. The summed E-state index contributed by atoms with van der Waals surface area (Å²) in [5.41, 5.74) is 0.822. The summed E-state index contributed by atoms with van der Waals surface area (Å²) in [7, 11) is 0. The molecular formula is C10H15N3O2S. The summed E-state index contributed by atoms with van der Waals surface area (Å²) in [5, 5.41) is 13.8. The fourth-order valence-corrected chi connectivity index (χ4v) is 1.92. The highest BCUT2D eigenvalue weighted by Gasteiger charge is 2.10. The monoisotopic (exact) mass is 241 g/mol. The molecule has 1 atom stereocenters. The van der Waals surface area contributed by atoms with Crippen molar-refractivity contribution in [1.82, 2.24) is 4.98 Å². The van der Waals surface area contributed by atoms with Gasteiger partial charge in [-0.3, -0.25) is 10.1 Å². The van der Waals surface area contributed by atoms with Crippen LogP contribution in [0, 0.1) is 17.0 Å². The largest absolute Gasteiger partial charge is 0.367 e. The standard InChI is InChI=1S/C10H15N3O2S/c1-7-4-9(13(14)15)5-11-10(7)12-8(2)6-16-3/h4-5,8H,6H2,1-3H3,(H,11,12). The van der Waals surface area contributed by atoms with Gasteiger partial charge >= 0.3 is 0 Å². The normalized spacial score (nSPS) is 12.2. The van der Waals surface area contributed by atoms with Crippen LogP contribution in [-0.2, 0) is 0 Å². The molecule has 0 radical (unpaired) electrons. The van der Waals surface area contributed by atoms with Crippen LogP contribution in [-0.4, -0.2) is 28.0 Å². The second-order valence-corrected chi connectivity index (χ2v) is 4.53. The van der Waals surface area contributed by atoms with Gasteiger partial charge < -0.3 is 5.32 Å². The Balaban J connectivity index is 2.79. The van der Waals surface area contributed by atoms with Crippen LogP contribution in [0.25, 0.3) is 0 Å². The number of hydrogen-bond donors (Lipinski definition) is 1. The molecule has 0 aliphatic rings. The molecule has 1 heterocycles. The first-order chi connectivity index (χ1) is 7.54. The van der Waals surface area contributed by atoms with Gasteiger partial charge in [0.1, 0.15) is 12.0 Å². The smallest absolute Gasteiger partial charge is 0.287 e. The minimum atomic E-state index is -0.435. The van der Waals surface area contributed by atoms with Crippen LogP contribution in [0.4, 0.5) is 11.5 Å². The third-order valence-electron chi connectivity index (χ3n) is 2.07. The van der Waals surface area contributed by atoms with Crippen molar-refractivity contribution in [1.29, 1.82) is 0 Å². The first kappa shape index (κ1) is 12.8. The Morgan fingerprint density at radius 1 is 1.69 bits per heavy atom. The number of anilines is 1. The van der Waals surface area contributed by atoms with Crippen molar-refractivity contribution in [3.63, 3.8) is 0 Å². The van der Waals surface area contributed by atoms with Gasteiger partial charge in [-0.2, -0.15) is 11.8 Å². The van der Waals surface area contributed by atoms with Crippen molar-refractivity contribution in [2.24, 2.45) is 0 Å². The number of nitrogens with one attached hydrogen (secondary N) is 1. The number of aryl methyl sites for hydroxylation is 1. The predicted molar refractivity (Wildman–Crippen MR) is 67.1 cm³/mol. The molecule has 0 aliphatic heterocycles. The number of rotatable bonds is 5. The number of pyridine rings is 1. The summed E-state index contributed by atoms with van der Waals surface area (Å²) in [6.45, 7) is 3.87. The van der Waals surface area contributed by atoms with Crippen LogP contribution in [0.3, 0.4) is 0 Å². The quantitative estimate of drug-likeness (QED) is 0.633. The second-order valence-electron chi connectivity index (χ2n) is 3.62. The molecule has 0 fully saturated rings. The number of thioether (sulfide) groups is 1. The predicted octanol–water partition coefficient (Wildman–Crippen LogP) is 2.46. The topological polar surface area (TPSA) is 68.1 Å². The summed E-state index contributed by atoms with van der Waals surface area (Å²) in [5.74, 6) is 1.69. The van der Waals surface area contributed by atoms with Gasteiger partial charge in [0.2, 0.25) is 0 Å². The lowest BCUT2D eigenvalue weighted by Crippen LogP contribution is -2.19. The van der Waals surface area contributed by atoms with Crippen molar-refractivity contribution in [2.75, 3.05) is 17.3 Å². The Labute approximate surface area is 98.8 Å². The second kappa shape index (κ2) is 5.69. The van der Waals surface area contributed by atoms with E-state index in [1.165, 1.54) is 12.3 Å². The van der Waals surface area contributed by atoms with Crippen LogP contribution in [0.15, 0.2) is 12.3 Å². The maximum Gasteiger partial charge on any atom is 0.287 e. The van der Waals surface area contributed by atoms with E-state index in [-0.39, 0.29) is 5.69 Å². The summed E-state index contributed by atoms with van der Waals surface area (Å²) < 4.78 is 0. The molecular weight excluding hydrogens is 226 g/mol. The number of aromatic nitrogens is 1. The van der Waals surface area contributed by atoms with Crippen LogP contribution in [0.5, 0.6) is 0 Å². The number of hydrogen-bond acceptors (Lipinski definition) is 5. The van der Waals surface area contributed by atoms with E-state index in [0.717, 1.165) is 11.3 Å². The number of nitro groups is 1. The summed E-state index contributed by atoms with van der Waals surface area (Å²) in [6, 6.07) is 1.82. The Morgan fingerprint density at radius 3 is 2.88 bits per heavy atom. The Bertz CT molecular complexity index is 384. The van der Waals surface area contributed by atoms with E-state index in [4.69, 9.17) is 0 Å². The van der Waals surface area contributed by atoms with Crippen molar-refractivity contribution in [3.05, 3.63) is 27.9 Å². The molecule has 0 saturated heterocycles. The molecule has 0 aromatic carbocycles. The Hall–Kier alpha value is -1.30. The molecule has 0 bridgehead atoms. The highest BCUT2D eigenvalue weighted by molar-refractivity contribution is 7.98.